The van der Waals surface area contributed by atoms with E-state index in [1.807, 2.05) is 36.4 Å². The number of carbonyl (C=O) groups is 2. The molecule has 3 N–H and O–H groups in total. The van der Waals surface area contributed by atoms with Gasteiger partial charge in [-0.2, -0.15) is 0 Å². The van der Waals surface area contributed by atoms with Crippen LogP contribution in [0.3, 0.4) is 0 Å². The lowest BCUT2D eigenvalue weighted by Crippen LogP contribution is -2.15. The van der Waals surface area contributed by atoms with Crippen LogP contribution in [0.25, 0.3) is 10.8 Å². The number of fused-ring (bicyclic) bond motifs is 1. The van der Waals surface area contributed by atoms with Gasteiger partial charge in [0.1, 0.15) is 18.1 Å². The normalized spacial score (nSPS) is 10.5. The molecule has 0 fully saturated rings. The minimum absolute atomic E-state index is 0.0373. The second-order valence-electron chi connectivity index (χ2n) is 6.60. The first-order chi connectivity index (χ1) is 13.9. The maximum atomic E-state index is 12.2. The third-order valence-corrected chi connectivity index (χ3v) is 4.35. The first kappa shape index (κ1) is 19.9. The van der Waals surface area contributed by atoms with Crippen LogP contribution in [0.2, 0.25) is 0 Å². The van der Waals surface area contributed by atoms with E-state index in [2.05, 4.69) is 11.9 Å². The molecular weight excluding hydrogens is 370 g/mol. The molecule has 0 radical (unpaired) electrons. The molecular formula is C23H21NO5. The smallest absolute Gasteiger partial charge is 0.337 e. The lowest BCUT2D eigenvalue weighted by molar-refractivity contribution is -0.116. The average molecular weight is 391 g/mol. The van der Waals surface area contributed by atoms with Gasteiger partial charge in [0.15, 0.2) is 0 Å². The summed E-state index contributed by atoms with van der Waals surface area (Å²) in [6.45, 7) is 3.43. The number of ether oxygens (including phenoxy) is 1. The number of aliphatic hydroxyl groups is 1. The summed E-state index contributed by atoms with van der Waals surface area (Å²) in [4.78, 5) is 23.5. The molecule has 3 rings (SSSR count). The van der Waals surface area contributed by atoms with Crippen LogP contribution in [0.1, 0.15) is 22.3 Å². The van der Waals surface area contributed by atoms with E-state index in [1.165, 1.54) is 6.07 Å². The fourth-order valence-corrected chi connectivity index (χ4v) is 2.93. The molecule has 0 bridgehead atoms. The van der Waals surface area contributed by atoms with Crippen LogP contribution >= 0.6 is 0 Å². The zero-order valence-electron chi connectivity index (χ0n) is 15.7. The van der Waals surface area contributed by atoms with E-state index in [0.717, 1.165) is 16.3 Å². The van der Waals surface area contributed by atoms with Crippen LogP contribution in [-0.4, -0.2) is 28.7 Å². The van der Waals surface area contributed by atoms with Crippen LogP contribution in [0.4, 0.5) is 5.69 Å². The number of aryl methyl sites for hydroxylation is 1. The molecule has 1 amide bonds. The molecule has 0 aliphatic rings. The van der Waals surface area contributed by atoms with E-state index < -0.39 is 5.97 Å². The third kappa shape index (κ3) is 5.35. The van der Waals surface area contributed by atoms with Gasteiger partial charge < -0.3 is 20.3 Å². The number of amides is 1. The standard InChI is InChI=1S/C23H21NO5/c1-15(25)14-29-19-10-9-17-12-16(6-8-18(17)13-19)7-11-22(26)24-21-5-3-2-4-20(21)23(27)28/h2-6,8-10,12-13,25H,1,7,11,14H2,(H,24,26)(H,27,28). The molecule has 0 saturated carbocycles. The number of carbonyl (C=O) groups excluding carboxylic acids is 1. The Morgan fingerprint density at radius 2 is 1.69 bits per heavy atom. The number of nitrogens with one attached hydrogen (secondary N) is 1. The molecule has 0 atom stereocenters. The van der Waals surface area contributed by atoms with Crippen molar-refractivity contribution >= 4 is 28.3 Å². The molecule has 3 aromatic carbocycles. The van der Waals surface area contributed by atoms with Crippen molar-refractivity contribution in [3.8, 4) is 5.75 Å². The Hall–Kier alpha value is -3.80. The Kier molecular flexibility index (Phi) is 6.14. The highest BCUT2D eigenvalue weighted by Crippen LogP contribution is 2.23. The SMILES string of the molecule is C=C(O)COc1ccc2cc(CCC(=O)Nc3ccccc3C(=O)O)ccc2c1. The fraction of sp³-hybridized carbons (Fsp3) is 0.130. The Labute approximate surface area is 168 Å². The molecule has 0 aromatic heterocycles. The number of anilines is 1. The van der Waals surface area contributed by atoms with Gasteiger partial charge >= 0.3 is 5.97 Å². The molecule has 0 unspecified atom stereocenters. The zero-order valence-corrected chi connectivity index (χ0v) is 15.7. The summed E-state index contributed by atoms with van der Waals surface area (Å²) in [6.07, 6.45) is 0.763. The summed E-state index contributed by atoms with van der Waals surface area (Å²) in [5.41, 5.74) is 1.35. The predicted octanol–water partition coefficient (Wildman–Crippen LogP) is 4.56. The number of rotatable bonds is 8. The molecule has 3 aromatic rings. The topological polar surface area (TPSA) is 95.9 Å². The maximum absolute atomic E-state index is 12.2. The number of carboxylic acids is 1. The number of para-hydroxylation sites is 1. The van der Waals surface area contributed by atoms with Crippen LogP contribution in [0, 0.1) is 0 Å². The summed E-state index contributed by atoms with van der Waals surface area (Å²) in [5, 5.41) is 23.0. The van der Waals surface area contributed by atoms with Crippen LogP contribution in [-0.2, 0) is 11.2 Å². The molecule has 6 nitrogen and oxygen atoms in total. The lowest BCUT2D eigenvalue weighted by atomic mass is 10.0. The van der Waals surface area contributed by atoms with Gasteiger partial charge in [-0.15, -0.1) is 0 Å². The van der Waals surface area contributed by atoms with E-state index in [1.54, 1.807) is 18.2 Å². The monoisotopic (exact) mass is 391 g/mol. The van der Waals surface area contributed by atoms with E-state index in [-0.39, 0.29) is 30.3 Å². The minimum Gasteiger partial charge on any atom is -0.509 e. The number of hydrogen-bond acceptors (Lipinski definition) is 4. The molecule has 0 saturated heterocycles. The maximum Gasteiger partial charge on any atom is 0.337 e. The van der Waals surface area contributed by atoms with Gasteiger partial charge in [0.2, 0.25) is 5.91 Å². The Morgan fingerprint density at radius 1 is 0.966 bits per heavy atom. The molecule has 0 heterocycles. The number of aliphatic hydroxyl groups excluding tert-OH is 1. The van der Waals surface area contributed by atoms with Gasteiger partial charge in [0, 0.05) is 6.42 Å². The van der Waals surface area contributed by atoms with Crippen LogP contribution in [0.5, 0.6) is 5.75 Å². The van der Waals surface area contributed by atoms with E-state index in [4.69, 9.17) is 9.84 Å². The van der Waals surface area contributed by atoms with Gasteiger partial charge in [0.25, 0.3) is 0 Å². The first-order valence-electron chi connectivity index (χ1n) is 9.07. The molecule has 0 aliphatic carbocycles. The third-order valence-electron chi connectivity index (χ3n) is 4.35. The first-order valence-corrected chi connectivity index (χ1v) is 9.07. The van der Waals surface area contributed by atoms with E-state index >= 15 is 0 Å². The van der Waals surface area contributed by atoms with Crippen molar-refractivity contribution in [3.63, 3.8) is 0 Å². The highest BCUT2D eigenvalue weighted by molar-refractivity contribution is 6.00. The quantitative estimate of drug-likeness (QED) is 0.489. The molecule has 6 heteroatoms. The van der Waals surface area contributed by atoms with Crippen LogP contribution in [0.15, 0.2) is 73.0 Å². The van der Waals surface area contributed by atoms with Gasteiger partial charge in [0.05, 0.1) is 11.3 Å². The second-order valence-corrected chi connectivity index (χ2v) is 6.60. The average Bonchev–Trinajstić information content (AvgIpc) is 2.70. The number of carboxylic acid groups (broad SMARTS) is 1. The van der Waals surface area contributed by atoms with Gasteiger partial charge in [-0.1, -0.05) is 43.0 Å². The van der Waals surface area contributed by atoms with Crippen molar-refractivity contribution in [2.75, 3.05) is 11.9 Å². The summed E-state index contributed by atoms with van der Waals surface area (Å²) >= 11 is 0. The lowest BCUT2D eigenvalue weighted by Gasteiger charge is -2.09. The van der Waals surface area contributed by atoms with Crippen molar-refractivity contribution in [1.82, 2.24) is 0 Å². The second kappa shape index (κ2) is 8.93. The van der Waals surface area contributed by atoms with Gasteiger partial charge in [-0.3, -0.25) is 4.79 Å². The summed E-state index contributed by atoms with van der Waals surface area (Å²) in [5.74, 6) is -0.726. The Balaban J connectivity index is 1.63. The Morgan fingerprint density at radius 3 is 2.45 bits per heavy atom. The van der Waals surface area contributed by atoms with Crippen molar-refractivity contribution < 1.29 is 24.5 Å². The highest BCUT2D eigenvalue weighted by Gasteiger charge is 2.11. The number of benzene rings is 3. The van der Waals surface area contributed by atoms with Crippen molar-refractivity contribution in [1.29, 1.82) is 0 Å². The molecule has 0 spiro atoms. The molecule has 29 heavy (non-hydrogen) atoms. The molecule has 0 aliphatic heterocycles. The number of aromatic carboxylic acids is 1. The summed E-state index contributed by atoms with van der Waals surface area (Å²) in [7, 11) is 0. The van der Waals surface area contributed by atoms with E-state index in [9.17, 15) is 14.7 Å². The van der Waals surface area contributed by atoms with Gasteiger partial charge in [-0.05, 0) is 47.0 Å². The largest absolute Gasteiger partial charge is 0.509 e. The zero-order chi connectivity index (χ0) is 20.8. The number of hydrogen-bond donors (Lipinski definition) is 3. The summed E-state index contributed by atoms with van der Waals surface area (Å²) < 4.78 is 5.42. The van der Waals surface area contributed by atoms with Crippen molar-refractivity contribution in [2.24, 2.45) is 0 Å². The minimum atomic E-state index is -1.08. The highest BCUT2D eigenvalue weighted by atomic mass is 16.5. The van der Waals surface area contributed by atoms with Crippen molar-refractivity contribution in [3.05, 3.63) is 84.1 Å². The molecule has 148 valence electrons. The van der Waals surface area contributed by atoms with Crippen molar-refractivity contribution in [2.45, 2.75) is 12.8 Å². The Bertz CT molecular complexity index is 1070. The predicted molar refractivity (Wildman–Crippen MR) is 112 cm³/mol. The van der Waals surface area contributed by atoms with Crippen LogP contribution < -0.4 is 10.1 Å². The van der Waals surface area contributed by atoms with Gasteiger partial charge in [-0.25, -0.2) is 4.79 Å². The van der Waals surface area contributed by atoms with E-state index in [0.29, 0.717) is 17.9 Å². The summed E-state index contributed by atoms with van der Waals surface area (Å²) in [6, 6.07) is 17.8. The fourth-order valence-electron chi connectivity index (χ4n) is 2.93.